The molecular formula is C9H15N3O3. The second-order valence-electron chi connectivity index (χ2n) is 3.79. The largest absolute Gasteiger partial charge is 0.396 e. The van der Waals surface area contributed by atoms with E-state index in [1.165, 1.54) is 6.08 Å². The Morgan fingerprint density at radius 1 is 1.73 bits per heavy atom. The van der Waals surface area contributed by atoms with Crippen LogP contribution < -0.4 is 11.5 Å². The van der Waals surface area contributed by atoms with Crippen LogP contribution in [0.15, 0.2) is 23.0 Å². The molecule has 84 valence electrons. The van der Waals surface area contributed by atoms with Gasteiger partial charge >= 0.3 is 0 Å². The summed E-state index contributed by atoms with van der Waals surface area (Å²) in [5.74, 6) is 0. The monoisotopic (exact) mass is 213 g/mol. The summed E-state index contributed by atoms with van der Waals surface area (Å²) < 4.78 is 0. The summed E-state index contributed by atoms with van der Waals surface area (Å²) in [6.45, 7) is 1.66. The molecule has 0 heterocycles. The Morgan fingerprint density at radius 3 is 2.80 bits per heavy atom. The number of allylic oxidation sites excluding steroid dienone is 1. The van der Waals surface area contributed by atoms with Crippen molar-refractivity contribution in [1.29, 1.82) is 0 Å². The minimum absolute atomic E-state index is 0.0642. The highest BCUT2D eigenvalue weighted by Crippen LogP contribution is 2.31. The zero-order valence-electron chi connectivity index (χ0n) is 8.56. The molecule has 6 heteroatoms. The van der Waals surface area contributed by atoms with Gasteiger partial charge in [-0.05, 0) is 19.4 Å². The van der Waals surface area contributed by atoms with Crippen LogP contribution >= 0.6 is 0 Å². The van der Waals surface area contributed by atoms with Crippen molar-refractivity contribution >= 4 is 0 Å². The molecule has 0 radical (unpaired) electrons. The molecule has 1 atom stereocenters. The third kappa shape index (κ3) is 2.16. The Labute approximate surface area is 87.4 Å². The Balaban J connectivity index is 3.06. The number of nitrogens with zero attached hydrogens (tertiary/aromatic N) is 1. The quantitative estimate of drug-likeness (QED) is 0.446. The second kappa shape index (κ2) is 4.00. The van der Waals surface area contributed by atoms with E-state index in [1.54, 1.807) is 6.92 Å². The maximum atomic E-state index is 10.7. The van der Waals surface area contributed by atoms with Gasteiger partial charge in [-0.1, -0.05) is 5.57 Å². The van der Waals surface area contributed by atoms with Gasteiger partial charge in [0.2, 0.25) is 0 Å². The maximum absolute atomic E-state index is 10.7. The van der Waals surface area contributed by atoms with E-state index in [4.69, 9.17) is 16.6 Å². The van der Waals surface area contributed by atoms with Crippen LogP contribution in [-0.2, 0) is 0 Å². The van der Waals surface area contributed by atoms with E-state index in [0.29, 0.717) is 6.42 Å². The molecule has 5 N–H and O–H groups in total. The van der Waals surface area contributed by atoms with Gasteiger partial charge in [-0.3, -0.25) is 10.1 Å². The van der Waals surface area contributed by atoms with E-state index in [9.17, 15) is 10.1 Å². The van der Waals surface area contributed by atoms with Crippen molar-refractivity contribution in [2.24, 2.45) is 11.5 Å². The zero-order chi connectivity index (χ0) is 11.6. The van der Waals surface area contributed by atoms with Crippen LogP contribution in [0.3, 0.4) is 0 Å². The number of nitrogens with two attached hydrogens (primary N) is 2. The fourth-order valence-corrected chi connectivity index (χ4v) is 1.66. The van der Waals surface area contributed by atoms with E-state index < -0.39 is 10.5 Å². The molecule has 6 nitrogen and oxygen atoms in total. The van der Waals surface area contributed by atoms with E-state index >= 15 is 0 Å². The van der Waals surface area contributed by atoms with Crippen LogP contribution in [0, 0.1) is 10.1 Å². The maximum Gasteiger partial charge on any atom is 0.271 e. The molecule has 0 fully saturated rings. The molecule has 0 spiro atoms. The SMILES string of the molecule is CC1=CC(N)=C([N+](=O)[O-])CC1(N)CCO. The summed E-state index contributed by atoms with van der Waals surface area (Å²) in [5, 5.41) is 19.6. The number of rotatable bonds is 3. The van der Waals surface area contributed by atoms with Gasteiger partial charge < -0.3 is 16.6 Å². The number of aliphatic hydroxyl groups excluding tert-OH is 1. The lowest BCUT2D eigenvalue weighted by Crippen LogP contribution is -2.45. The first-order valence-corrected chi connectivity index (χ1v) is 4.62. The minimum atomic E-state index is -0.847. The van der Waals surface area contributed by atoms with Crippen LogP contribution in [0.1, 0.15) is 19.8 Å². The first-order chi connectivity index (χ1) is 6.90. The van der Waals surface area contributed by atoms with Crippen molar-refractivity contribution < 1.29 is 10.0 Å². The Kier molecular flexibility index (Phi) is 3.11. The highest BCUT2D eigenvalue weighted by atomic mass is 16.6. The lowest BCUT2D eigenvalue weighted by molar-refractivity contribution is -0.430. The van der Waals surface area contributed by atoms with Crippen molar-refractivity contribution in [3.05, 3.63) is 33.2 Å². The van der Waals surface area contributed by atoms with Crippen molar-refractivity contribution in [2.45, 2.75) is 25.3 Å². The molecule has 0 saturated heterocycles. The fraction of sp³-hybridized carbons (Fsp3) is 0.556. The molecule has 0 aromatic heterocycles. The molecule has 1 rings (SSSR count). The summed E-state index contributed by atoms with van der Waals surface area (Å²) in [6, 6.07) is 0. The number of hydrogen-bond donors (Lipinski definition) is 3. The summed E-state index contributed by atoms with van der Waals surface area (Å²) in [5.41, 5.74) is 11.5. The molecular weight excluding hydrogens is 198 g/mol. The summed E-state index contributed by atoms with van der Waals surface area (Å²) in [7, 11) is 0. The van der Waals surface area contributed by atoms with Gasteiger partial charge in [-0.15, -0.1) is 0 Å². The second-order valence-corrected chi connectivity index (χ2v) is 3.79. The fourth-order valence-electron chi connectivity index (χ4n) is 1.66. The third-order valence-corrected chi connectivity index (χ3v) is 2.75. The highest BCUT2D eigenvalue weighted by Gasteiger charge is 2.36. The van der Waals surface area contributed by atoms with Crippen LogP contribution in [0.2, 0.25) is 0 Å². The Bertz CT molecular complexity index is 349. The summed E-state index contributed by atoms with van der Waals surface area (Å²) >= 11 is 0. The lowest BCUT2D eigenvalue weighted by atomic mass is 9.80. The van der Waals surface area contributed by atoms with Crippen LogP contribution in [0.4, 0.5) is 0 Å². The zero-order valence-corrected chi connectivity index (χ0v) is 8.56. The standard InChI is InChI=1S/C9H15N3O3/c1-6-4-7(10)8(12(14)15)5-9(6,11)2-3-13/h4,13H,2-3,5,10-11H2,1H3. The Hall–Kier alpha value is -1.40. The molecule has 1 unspecified atom stereocenters. The average molecular weight is 213 g/mol. The average Bonchev–Trinajstić information content (AvgIpc) is 2.12. The number of nitro groups is 1. The normalized spacial score (nSPS) is 26.5. The van der Waals surface area contributed by atoms with E-state index in [2.05, 4.69) is 0 Å². The van der Waals surface area contributed by atoms with Gasteiger partial charge in [0, 0.05) is 12.1 Å². The number of hydrogen-bond acceptors (Lipinski definition) is 5. The molecule has 0 amide bonds. The van der Waals surface area contributed by atoms with Gasteiger partial charge in [0.1, 0.15) is 5.70 Å². The van der Waals surface area contributed by atoms with Gasteiger partial charge in [-0.25, -0.2) is 0 Å². The Morgan fingerprint density at radius 2 is 2.33 bits per heavy atom. The summed E-state index contributed by atoms with van der Waals surface area (Å²) in [6.07, 6.45) is 1.87. The van der Waals surface area contributed by atoms with Crippen LogP contribution in [0.25, 0.3) is 0 Å². The highest BCUT2D eigenvalue weighted by molar-refractivity contribution is 5.35. The minimum Gasteiger partial charge on any atom is -0.396 e. The summed E-state index contributed by atoms with van der Waals surface area (Å²) in [4.78, 5) is 10.2. The molecule has 0 aliphatic heterocycles. The van der Waals surface area contributed by atoms with Gasteiger partial charge in [0.25, 0.3) is 5.70 Å². The third-order valence-electron chi connectivity index (χ3n) is 2.75. The van der Waals surface area contributed by atoms with E-state index in [1.807, 2.05) is 0 Å². The van der Waals surface area contributed by atoms with Crippen LogP contribution in [0.5, 0.6) is 0 Å². The van der Waals surface area contributed by atoms with E-state index in [0.717, 1.165) is 5.57 Å². The molecule has 0 aromatic rings. The first-order valence-electron chi connectivity index (χ1n) is 4.62. The van der Waals surface area contributed by atoms with Gasteiger partial charge in [0.15, 0.2) is 0 Å². The van der Waals surface area contributed by atoms with Gasteiger partial charge in [0.05, 0.1) is 11.3 Å². The number of aliphatic hydroxyl groups is 1. The lowest BCUT2D eigenvalue weighted by Gasteiger charge is -2.31. The van der Waals surface area contributed by atoms with Crippen molar-refractivity contribution in [3.8, 4) is 0 Å². The van der Waals surface area contributed by atoms with E-state index in [-0.39, 0.29) is 24.4 Å². The predicted molar refractivity (Wildman–Crippen MR) is 55.2 cm³/mol. The first kappa shape index (κ1) is 11.7. The van der Waals surface area contributed by atoms with Crippen molar-refractivity contribution in [1.82, 2.24) is 0 Å². The molecule has 1 aliphatic carbocycles. The molecule has 0 saturated carbocycles. The molecule has 0 bridgehead atoms. The molecule has 0 aromatic carbocycles. The molecule has 1 aliphatic rings. The van der Waals surface area contributed by atoms with Gasteiger partial charge in [-0.2, -0.15) is 0 Å². The van der Waals surface area contributed by atoms with Crippen molar-refractivity contribution in [3.63, 3.8) is 0 Å². The predicted octanol–water partition coefficient (Wildman–Crippen LogP) is -0.137. The van der Waals surface area contributed by atoms with Crippen molar-refractivity contribution in [2.75, 3.05) is 6.61 Å². The molecule has 15 heavy (non-hydrogen) atoms. The topological polar surface area (TPSA) is 115 Å². The smallest absolute Gasteiger partial charge is 0.271 e. The van der Waals surface area contributed by atoms with Crippen LogP contribution in [-0.4, -0.2) is 22.2 Å².